The van der Waals surface area contributed by atoms with E-state index in [1.165, 1.54) is 5.56 Å². The van der Waals surface area contributed by atoms with E-state index in [1.54, 1.807) is 6.33 Å². The molecule has 0 atom stereocenters. The van der Waals surface area contributed by atoms with Crippen molar-refractivity contribution in [3.8, 4) is 0 Å². The molecule has 0 spiro atoms. The monoisotopic (exact) mass is 487 g/mol. The minimum Gasteiger partial charge on any atom is -0.475 e. The number of hydrogen-bond acceptors (Lipinski definition) is 7. The first kappa shape index (κ1) is 24.4. The van der Waals surface area contributed by atoms with E-state index in [0.29, 0.717) is 6.04 Å². The summed E-state index contributed by atoms with van der Waals surface area (Å²) in [4.78, 5) is 20.4. The molecule has 35 heavy (non-hydrogen) atoms. The SMILES string of the molecule is NC1CCN(Cc2ccn3ncnc(Nc4cccc5cccnc45)c23)CC1.O=C(O)C(F)(F)F. The van der Waals surface area contributed by atoms with E-state index in [4.69, 9.17) is 15.6 Å². The molecule has 12 heteroatoms. The highest BCUT2D eigenvalue weighted by atomic mass is 19.4. The Morgan fingerprint density at radius 1 is 1.14 bits per heavy atom. The van der Waals surface area contributed by atoms with Crippen molar-refractivity contribution in [3.63, 3.8) is 0 Å². The molecule has 3 aromatic heterocycles. The number of fused-ring (bicyclic) bond motifs is 2. The van der Waals surface area contributed by atoms with Crippen molar-refractivity contribution in [1.29, 1.82) is 0 Å². The van der Waals surface area contributed by atoms with E-state index in [9.17, 15) is 13.2 Å². The van der Waals surface area contributed by atoms with Crippen LogP contribution in [-0.2, 0) is 11.3 Å². The first-order chi connectivity index (χ1) is 16.7. The number of aliphatic carboxylic acids is 1. The molecule has 5 rings (SSSR count). The normalized spacial score (nSPS) is 15.1. The summed E-state index contributed by atoms with van der Waals surface area (Å²) in [5, 5.41) is 16.1. The fourth-order valence-electron chi connectivity index (χ4n) is 3.92. The number of rotatable bonds is 4. The van der Waals surface area contributed by atoms with Crippen molar-refractivity contribution in [2.24, 2.45) is 5.73 Å². The maximum Gasteiger partial charge on any atom is 0.490 e. The highest BCUT2D eigenvalue weighted by Gasteiger charge is 2.38. The number of nitrogens with two attached hydrogens (primary N) is 1. The maximum atomic E-state index is 10.6. The number of anilines is 2. The molecule has 0 aliphatic carbocycles. The topological polar surface area (TPSA) is 122 Å². The van der Waals surface area contributed by atoms with Crippen molar-refractivity contribution in [1.82, 2.24) is 24.5 Å². The van der Waals surface area contributed by atoms with Gasteiger partial charge in [0, 0.05) is 30.4 Å². The molecule has 9 nitrogen and oxygen atoms in total. The Balaban J connectivity index is 0.000000364. The third-order valence-corrected chi connectivity index (χ3v) is 5.69. The first-order valence-electron chi connectivity index (χ1n) is 10.9. The van der Waals surface area contributed by atoms with Crippen molar-refractivity contribution in [3.05, 3.63) is 60.7 Å². The van der Waals surface area contributed by atoms with Gasteiger partial charge in [0.05, 0.1) is 11.2 Å². The summed E-state index contributed by atoms with van der Waals surface area (Å²) in [5.74, 6) is -1.96. The summed E-state index contributed by atoms with van der Waals surface area (Å²) < 4.78 is 33.6. The number of pyridine rings is 1. The fraction of sp³-hybridized carbons (Fsp3) is 0.304. The number of carbonyl (C=O) groups is 1. The Bertz CT molecular complexity index is 1310. The molecule has 1 aromatic carbocycles. The summed E-state index contributed by atoms with van der Waals surface area (Å²) in [6.45, 7) is 2.93. The number of carboxylic acid groups (broad SMARTS) is 1. The van der Waals surface area contributed by atoms with E-state index in [0.717, 1.165) is 60.4 Å². The predicted octanol–water partition coefficient (Wildman–Crippen LogP) is 3.58. The van der Waals surface area contributed by atoms with Crippen LogP contribution in [0.5, 0.6) is 0 Å². The van der Waals surface area contributed by atoms with Gasteiger partial charge in [-0.15, -0.1) is 0 Å². The predicted molar refractivity (Wildman–Crippen MR) is 124 cm³/mol. The molecule has 0 saturated carbocycles. The summed E-state index contributed by atoms with van der Waals surface area (Å²) in [6, 6.07) is 12.6. The van der Waals surface area contributed by atoms with E-state index in [1.807, 2.05) is 35.1 Å². The van der Waals surface area contributed by atoms with Crippen LogP contribution in [0.2, 0.25) is 0 Å². The van der Waals surface area contributed by atoms with Gasteiger partial charge in [-0.3, -0.25) is 9.88 Å². The number of halogens is 3. The van der Waals surface area contributed by atoms with Gasteiger partial charge >= 0.3 is 12.1 Å². The zero-order chi connectivity index (χ0) is 25.0. The standard InChI is InChI=1S/C21H23N7.C2HF3O2/c22-17-7-10-27(11-8-17)13-16-6-12-28-20(16)21(24-14-25-28)26-18-5-1-3-15-4-2-9-23-19(15)18;3-2(4,5)1(6)7/h1-6,9,12,14,17H,7-8,10-11,13,22H2,(H,24,25,26);(H,6,7). The molecular formula is C23H24F3N7O2. The van der Waals surface area contributed by atoms with Gasteiger partial charge < -0.3 is 16.2 Å². The Morgan fingerprint density at radius 2 is 1.86 bits per heavy atom. The van der Waals surface area contributed by atoms with Gasteiger partial charge in [0.1, 0.15) is 11.8 Å². The number of para-hydroxylation sites is 1. The lowest BCUT2D eigenvalue weighted by Gasteiger charge is -2.29. The largest absolute Gasteiger partial charge is 0.490 e. The zero-order valence-electron chi connectivity index (χ0n) is 18.6. The van der Waals surface area contributed by atoms with Crippen LogP contribution in [0.1, 0.15) is 18.4 Å². The lowest BCUT2D eigenvalue weighted by molar-refractivity contribution is -0.192. The van der Waals surface area contributed by atoms with Crippen LogP contribution in [-0.4, -0.2) is 60.9 Å². The highest BCUT2D eigenvalue weighted by molar-refractivity contribution is 5.93. The van der Waals surface area contributed by atoms with Crippen LogP contribution >= 0.6 is 0 Å². The molecule has 1 fully saturated rings. The lowest BCUT2D eigenvalue weighted by atomic mass is 10.1. The fourth-order valence-corrected chi connectivity index (χ4v) is 3.92. The Hall–Kier alpha value is -3.77. The number of carboxylic acids is 1. The molecule has 1 saturated heterocycles. The van der Waals surface area contributed by atoms with Crippen LogP contribution in [0.4, 0.5) is 24.7 Å². The van der Waals surface area contributed by atoms with Gasteiger partial charge in [0.25, 0.3) is 0 Å². The lowest BCUT2D eigenvalue weighted by Crippen LogP contribution is -2.39. The molecule has 4 heterocycles. The molecular weight excluding hydrogens is 463 g/mol. The average Bonchev–Trinajstić information content (AvgIpc) is 3.24. The molecule has 0 amide bonds. The number of alkyl halides is 3. The second-order valence-electron chi connectivity index (χ2n) is 8.16. The minimum atomic E-state index is -5.08. The highest BCUT2D eigenvalue weighted by Crippen LogP contribution is 2.28. The third kappa shape index (κ3) is 5.84. The van der Waals surface area contributed by atoms with E-state index in [-0.39, 0.29) is 0 Å². The Labute approximate surface area is 198 Å². The number of aromatic nitrogens is 4. The van der Waals surface area contributed by atoms with E-state index in [2.05, 4.69) is 43.5 Å². The molecule has 0 bridgehead atoms. The molecule has 1 aliphatic rings. The molecule has 4 N–H and O–H groups in total. The molecule has 1 aliphatic heterocycles. The average molecular weight is 487 g/mol. The van der Waals surface area contributed by atoms with Crippen molar-refractivity contribution < 1.29 is 23.1 Å². The van der Waals surface area contributed by atoms with Gasteiger partial charge in [0.15, 0.2) is 5.82 Å². The summed E-state index contributed by atoms with van der Waals surface area (Å²) in [5.41, 5.74) is 10.1. The summed E-state index contributed by atoms with van der Waals surface area (Å²) in [7, 11) is 0. The Morgan fingerprint density at radius 3 is 2.57 bits per heavy atom. The summed E-state index contributed by atoms with van der Waals surface area (Å²) >= 11 is 0. The van der Waals surface area contributed by atoms with Crippen LogP contribution in [0, 0.1) is 0 Å². The van der Waals surface area contributed by atoms with Crippen molar-refractivity contribution in [2.45, 2.75) is 31.6 Å². The molecule has 0 unspecified atom stereocenters. The van der Waals surface area contributed by atoms with Crippen LogP contribution in [0.25, 0.3) is 16.4 Å². The number of benzene rings is 1. The van der Waals surface area contributed by atoms with Gasteiger partial charge in [-0.2, -0.15) is 18.3 Å². The zero-order valence-corrected chi connectivity index (χ0v) is 18.6. The van der Waals surface area contributed by atoms with Gasteiger partial charge in [-0.1, -0.05) is 18.2 Å². The summed E-state index contributed by atoms with van der Waals surface area (Å²) in [6.07, 6.45) is 2.41. The van der Waals surface area contributed by atoms with Crippen molar-refractivity contribution >= 4 is 33.9 Å². The third-order valence-electron chi connectivity index (χ3n) is 5.69. The molecule has 184 valence electrons. The number of nitrogens with one attached hydrogen (secondary N) is 1. The number of likely N-dealkylation sites (tertiary alicyclic amines) is 1. The van der Waals surface area contributed by atoms with Gasteiger partial charge in [-0.25, -0.2) is 14.3 Å². The second-order valence-corrected chi connectivity index (χ2v) is 8.16. The van der Waals surface area contributed by atoms with Crippen LogP contribution < -0.4 is 11.1 Å². The van der Waals surface area contributed by atoms with E-state index >= 15 is 0 Å². The number of nitrogens with zero attached hydrogens (tertiary/aromatic N) is 5. The van der Waals surface area contributed by atoms with Crippen LogP contribution in [0.3, 0.4) is 0 Å². The number of hydrogen-bond donors (Lipinski definition) is 3. The Kier molecular flexibility index (Phi) is 7.12. The van der Waals surface area contributed by atoms with Gasteiger partial charge in [0.2, 0.25) is 0 Å². The first-order valence-corrected chi connectivity index (χ1v) is 10.9. The van der Waals surface area contributed by atoms with E-state index < -0.39 is 12.1 Å². The van der Waals surface area contributed by atoms with Crippen LogP contribution in [0.15, 0.2) is 55.1 Å². The van der Waals surface area contributed by atoms with Crippen molar-refractivity contribution in [2.75, 3.05) is 18.4 Å². The molecule has 0 radical (unpaired) electrons. The quantitative estimate of drug-likeness (QED) is 0.399. The number of piperidine rings is 1. The minimum absolute atomic E-state index is 0.335. The van der Waals surface area contributed by atoms with Gasteiger partial charge in [-0.05, 0) is 49.7 Å². The second kappa shape index (κ2) is 10.2. The maximum absolute atomic E-state index is 10.6. The molecule has 4 aromatic rings. The smallest absolute Gasteiger partial charge is 0.475 e.